The van der Waals surface area contributed by atoms with Crippen LogP contribution in [0.2, 0.25) is 5.02 Å². The maximum atomic E-state index is 13.7. The highest BCUT2D eigenvalue weighted by atomic mass is 35.5. The molecule has 4 aliphatic heterocycles. The fourth-order valence-corrected chi connectivity index (χ4v) is 17.8. The topological polar surface area (TPSA) is 310 Å². The predicted octanol–water partition coefficient (Wildman–Crippen LogP) is 24.9. The van der Waals surface area contributed by atoms with Crippen LogP contribution >= 0.6 is 68.3 Å². The Morgan fingerprint density at radius 3 is 0.801 bits per heavy atom. The highest BCUT2D eigenvalue weighted by molar-refractivity contribution is 7.20. The van der Waals surface area contributed by atoms with E-state index in [1.54, 1.807) is 65.0 Å². The fourth-order valence-electron chi connectivity index (χ4n) is 13.1. The summed E-state index contributed by atoms with van der Waals surface area (Å²) in [6, 6.07) is 37.9. The van der Waals surface area contributed by atoms with Crippen LogP contribution in [0.25, 0.3) is 64.0 Å². The van der Waals surface area contributed by atoms with E-state index in [0.29, 0.717) is 112 Å². The number of carbonyl (C=O) groups excluding carboxylic acids is 5. The van der Waals surface area contributed by atoms with Crippen molar-refractivity contribution in [1.29, 1.82) is 0 Å². The number of fused-ring (bicyclic) bond motifs is 5. The molecule has 0 aliphatic carbocycles. The van der Waals surface area contributed by atoms with Crippen molar-refractivity contribution in [1.82, 2.24) is 29.9 Å². The Morgan fingerprint density at radius 2 is 0.537 bits per heavy atom. The quantitative estimate of drug-likeness (QED) is 0.0596. The van der Waals surface area contributed by atoms with Gasteiger partial charge in [-0.15, -0.1) is 35.1 Å². The number of rotatable bonds is 15. The number of hydrogen-bond acceptors (Lipinski definition) is 25. The van der Waals surface area contributed by atoms with E-state index in [0.717, 1.165) is 81.7 Å². The summed E-state index contributed by atoms with van der Waals surface area (Å²) >= 11 is 11.8. The SMILES string of the molecule is Cc1cc2c(cc1-c1ncc(NC(=O)c3c(F)cccc3F)s1)OC(F)(F)O2.Cc1cc2c(cc1-c1ncc(NC(=O)c3c(F)cccc3F)s1)OC(F)(F)O2.Cc1cc2c(cc1-c1ncc(NC(=O)c3ccccc3F)s1)OC(F)(F)O2.Cc1cc2c(cc1-c1ncc(NC(=O)c3ccccc3F)s1)OC(F)(F)O2.Cc1nc2cc(Cl)c(-c3ncc(NC(=O)c4ccccc4F)s3)cc2o1. The van der Waals surface area contributed by atoms with Crippen LogP contribution in [0.5, 0.6) is 46.0 Å². The molecule has 16 aromatic rings. The van der Waals surface area contributed by atoms with Gasteiger partial charge in [0.05, 0.1) is 52.7 Å². The Kier molecular flexibility index (Phi) is 26.3. The van der Waals surface area contributed by atoms with Crippen molar-refractivity contribution >= 4 is 134 Å². The lowest BCUT2D eigenvalue weighted by Crippen LogP contribution is -2.25. The lowest BCUT2D eigenvalue weighted by atomic mass is 10.1. The van der Waals surface area contributed by atoms with E-state index < -0.39 is 107 Å². The minimum atomic E-state index is -3.74. The van der Waals surface area contributed by atoms with Crippen molar-refractivity contribution < 1.29 is 132 Å². The van der Waals surface area contributed by atoms with E-state index in [1.807, 2.05) is 0 Å². The van der Waals surface area contributed by atoms with Crippen LogP contribution in [0.1, 0.15) is 79.9 Å². The summed E-state index contributed by atoms with van der Waals surface area (Å²) in [4.78, 5) is 86.1. The third-order valence-electron chi connectivity index (χ3n) is 19.2. The molecule has 5 amide bonds. The average molecular weight is 1990 g/mol. The summed E-state index contributed by atoms with van der Waals surface area (Å²) in [6.45, 7) is 8.53. The van der Waals surface area contributed by atoms with Gasteiger partial charge < -0.3 is 68.9 Å². The number of nitrogens with zero attached hydrogens (tertiary/aromatic N) is 6. The van der Waals surface area contributed by atoms with Gasteiger partial charge in [-0.25, -0.2) is 60.6 Å². The zero-order valence-corrected chi connectivity index (χ0v) is 73.9. The van der Waals surface area contributed by atoms with Gasteiger partial charge in [-0.1, -0.05) is 117 Å². The molecule has 0 atom stereocenters. The van der Waals surface area contributed by atoms with Crippen LogP contribution in [-0.4, -0.2) is 84.6 Å². The normalized spacial score (nSPS) is 13.6. The van der Waals surface area contributed by atoms with Crippen LogP contribution in [0.15, 0.2) is 205 Å². The molecule has 0 saturated heterocycles. The van der Waals surface area contributed by atoms with Gasteiger partial charge in [-0.05, 0) is 171 Å². The number of ether oxygens (including phenoxy) is 8. The minimum Gasteiger partial charge on any atom is -0.441 e. The molecule has 0 unspecified atom stereocenters. The standard InChI is InChI=1S/C18H11ClFN3O2S.2C18H10F4N2O3S.2C18H11F3N2O3S/c1-9-22-14-7-12(19)11(6-15(14)25-9)18-21-8-16(26-18)23-17(24)10-4-2-3-5-13(10)20;2*1-8-5-12-13(27-18(21,22)26-12)6-9(8)17-23-7-14(28-17)24-16(25)15-10(19)3-2-4-11(15)20;2*1-9-6-13-14(26-18(20,21)25-13)7-11(9)17-22-8-15(27-17)23-16(24)10-4-2-3-5-12(10)19/h2-8H,1H3,(H,23,24);2*2-7H,1H3,(H,24,25);2*2-8H,1H3,(H,23,24). The molecular weight excluding hydrogens is 1940 g/mol. The lowest BCUT2D eigenvalue weighted by Gasteiger charge is -2.05. The van der Waals surface area contributed by atoms with Crippen LogP contribution in [0.4, 0.5) is 90.9 Å². The number of nitrogens with one attached hydrogen (secondary N) is 5. The zero-order valence-electron chi connectivity index (χ0n) is 69.0. The summed E-state index contributed by atoms with van der Waals surface area (Å²) in [5.41, 5.74) is 4.90. The van der Waals surface area contributed by atoms with Gasteiger partial charge in [0.25, 0.3) is 29.5 Å². The number of aryl methyl sites for hydroxylation is 5. The summed E-state index contributed by atoms with van der Waals surface area (Å²) in [7, 11) is 0. The minimum absolute atomic E-state index is 0.0287. The Morgan fingerprint density at radius 1 is 0.301 bits per heavy atom. The molecular formula is C90H53ClF15N11O14S5. The zero-order chi connectivity index (χ0) is 96.7. The number of aromatic nitrogens is 6. The number of oxazole rings is 1. The van der Waals surface area contributed by atoms with E-state index in [-0.39, 0.29) is 72.7 Å². The Labute approximate surface area is 779 Å². The molecule has 694 valence electrons. The van der Waals surface area contributed by atoms with Crippen LogP contribution < -0.4 is 64.5 Å². The second-order valence-electron chi connectivity index (χ2n) is 28.7. The number of benzene rings is 10. The number of alkyl halides is 8. The number of amides is 5. The maximum Gasteiger partial charge on any atom is 0.586 e. The lowest BCUT2D eigenvalue weighted by molar-refractivity contribution is -0.287. The number of thiazole rings is 5. The molecule has 6 aromatic heterocycles. The molecule has 136 heavy (non-hydrogen) atoms. The summed E-state index contributed by atoms with van der Waals surface area (Å²) < 4.78 is 243. The van der Waals surface area contributed by atoms with E-state index in [2.05, 4.69) is 94.4 Å². The van der Waals surface area contributed by atoms with E-state index in [9.17, 15) is 89.8 Å². The first-order valence-electron chi connectivity index (χ1n) is 38.8. The van der Waals surface area contributed by atoms with Gasteiger partial charge in [-0.3, -0.25) is 24.0 Å². The van der Waals surface area contributed by atoms with Gasteiger partial charge >= 0.3 is 25.2 Å². The van der Waals surface area contributed by atoms with Crippen molar-refractivity contribution in [2.45, 2.75) is 59.8 Å². The van der Waals surface area contributed by atoms with E-state index >= 15 is 0 Å². The molecule has 10 heterocycles. The smallest absolute Gasteiger partial charge is 0.441 e. The first kappa shape index (κ1) is 94.0. The van der Waals surface area contributed by atoms with Crippen molar-refractivity contribution in [2.24, 2.45) is 0 Å². The van der Waals surface area contributed by atoms with Crippen LogP contribution in [-0.2, 0) is 0 Å². The highest BCUT2D eigenvalue weighted by Crippen LogP contribution is 2.51. The predicted molar refractivity (Wildman–Crippen MR) is 471 cm³/mol. The third kappa shape index (κ3) is 21.2. The molecule has 20 rings (SSSR count). The Balaban J connectivity index is 0.000000123. The monoisotopic (exact) mass is 1990 g/mol. The van der Waals surface area contributed by atoms with Crippen molar-refractivity contribution in [3.8, 4) is 98.9 Å². The van der Waals surface area contributed by atoms with Gasteiger partial charge in [0, 0.05) is 34.7 Å². The molecule has 10 aromatic carbocycles. The third-order valence-corrected chi connectivity index (χ3v) is 24.2. The molecule has 4 aliphatic rings. The first-order valence-corrected chi connectivity index (χ1v) is 43.3. The average Bonchev–Trinajstić information content (AvgIpc) is 1.64. The first-order chi connectivity index (χ1) is 64.6. The van der Waals surface area contributed by atoms with Crippen molar-refractivity contribution in [3.05, 3.63) is 303 Å². The van der Waals surface area contributed by atoms with Gasteiger partial charge in [0.2, 0.25) is 0 Å². The van der Waals surface area contributed by atoms with Crippen LogP contribution in [0, 0.1) is 75.3 Å². The molecule has 0 bridgehead atoms. The largest absolute Gasteiger partial charge is 0.586 e. The van der Waals surface area contributed by atoms with Crippen LogP contribution in [0.3, 0.4) is 0 Å². The number of carbonyl (C=O) groups is 5. The fraction of sp³-hybridized carbons (Fsp3) is 0.100. The summed E-state index contributed by atoms with van der Waals surface area (Å²) in [5, 5.41) is 17.1. The number of hydrogen-bond donors (Lipinski definition) is 5. The van der Waals surface area contributed by atoms with E-state index in [4.69, 9.17) is 16.0 Å². The molecule has 0 spiro atoms. The molecule has 5 N–H and O–H groups in total. The summed E-state index contributed by atoms with van der Waals surface area (Å²) in [5.74, 6) is -9.68. The summed E-state index contributed by atoms with van der Waals surface area (Å²) in [6.07, 6.45) is -7.94. The van der Waals surface area contributed by atoms with Gasteiger partial charge in [0.1, 0.15) is 107 Å². The number of halogens is 16. The molecule has 0 fully saturated rings. The van der Waals surface area contributed by atoms with Gasteiger partial charge in [0.15, 0.2) is 57.5 Å². The second-order valence-corrected chi connectivity index (χ2v) is 34.3. The van der Waals surface area contributed by atoms with Gasteiger partial charge in [-0.2, -0.15) is 0 Å². The van der Waals surface area contributed by atoms with Crippen molar-refractivity contribution in [3.63, 3.8) is 0 Å². The van der Waals surface area contributed by atoms with Crippen molar-refractivity contribution in [2.75, 3.05) is 26.6 Å². The molecule has 25 nitrogen and oxygen atoms in total. The maximum absolute atomic E-state index is 13.7. The highest BCUT2D eigenvalue weighted by Gasteiger charge is 2.47. The Hall–Kier alpha value is -15.2. The molecule has 0 radical (unpaired) electrons. The second kappa shape index (κ2) is 38.1. The number of anilines is 5. The van der Waals surface area contributed by atoms with E-state index in [1.165, 1.54) is 145 Å². The molecule has 46 heteroatoms. The molecule has 0 saturated carbocycles. The Bertz CT molecular complexity index is 7070.